The van der Waals surface area contributed by atoms with Crippen LogP contribution in [0.2, 0.25) is 10.0 Å². The maximum Gasteiger partial charge on any atom is 0.337 e. The van der Waals surface area contributed by atoms with Crippen LogP contribution < -0.4 is 0 Å². The molecule has 0 atom stereocenters. The number of carboxylic acid groups (broad SMARTS) is 1. The molecule has 2 N–H and O–H groups in total. The first-order valence-electron chi connectivity index (χ1n) is 3.39. The van der Waals surface area contributed by atoms with E-state index in [1.165, 1.54) is 12.1 Å². The molecule has 0 spiro atoms. The molecule has 0 aliphatic heterocycles. The van der Waals surface area contributed by atoms with Crippen LogP contribution in [0.5, 0.6) is 0 Å². The van der Waals surface area contributed by atoms with Crippen molar-refractivity contribution in [1.82, 2.24) is 0 Å². The molecule has 13 heavy (non-hydrogen) atoms. The predicted molar refractivity (Wildman–Crippen MR) is 49.3 cm³/mol. The van der Waals surface area contributed by atoms with Crippen molar-refractivity contribution in [3.8, 4) is 0 Å². The third-order valence-corrected chi connectivity index (χ3v) is 2.25. The summed E-state index contributed by atoms with van der Waals surface area (Å²) in [6, 6.07) is 2.83. The van der Waals surface area contributed by atoms with E-state index in [0.29, 0.717) is 0 Å². The Balaban J connectivity index is 3.43. The fraction of sp³-hybridized carbons (Fsp3) is 0.125. The maximum atomic E-state index is 10.7. The van der Waals surface area contributed by atoms with Crippen LogP contribution in [-0.2, 0) is 6.61 Å². The third-order valence-electron chi connectivity index (χ3n) is 1.58. The number of rotatable bonds is 2. The molecule has 0 aromatic heterocycles. The van der Waals surface area contributed by atoms with E-state index in [9.17, 15) is 4.79 Å². The normalized spacial score (nSPS) is 10.1. The zero-order valence-corrected chi connectivity index (χ0v) is 7.93. The van der Waals surface area contributed by atoms with Gasteiger partial charge in [0.25, 0.3) is 0 Å². The number of carbonyl (C=O) groups is 1. The summed E-state index contributed by atoms with van der Waals surface area (Å²) in [4.78, 5) is 10.7. The van der Waals surface area contributed by atoms with Gasteiger partial charge in [-0.2, -0.15) is 0 Å². The minimum absolute atomic E-state index is 0.0703. The molecule has 1 aromatic carbocycles. The fourth-order valence-corrected chi connectivity index (χ4v) is 1.45. The number of aliphatic hydroxyl groups excluding tert-OH is 1. The lowest BCUT2D eigenvalue weighted by molar-refractivity contribution is 0.0693. The average Bonchev–Trinajstić information content (AvgIpc) is 2.07. The second-order valence-electron chi connectivity index (χ2n) is 2.35. The van der Waals surface area contributed by atoms with Gasteiger partial charge in [-0.25, -0.2) is 4.79 Å². The summed E-state index contributed by atoms with van der Waals surface area (Å²) < 4.78 is 0. The number of hydrogen-bond acceptors (Lipinski definition) is 2. The molecule has 3 nitrogen and oxygen atoms in total. The van der Waals surface area contributed by atoms with Gasteiger partial charge in [0.15, 0.2) is 0 Å². The van der Waals surface area contributed by atoms with E-state index in [1.54, 1.807) is 0 Å². The molecule has 0 bridgehead atoms. The number of carboxylic acids is 1. The van der Waals surface area contributed by atoms with E-state index in [2.05, 4.69) is 0 Å². The van der Waals surface area contributed by atoms with Crippen molar-refractivity contribution in [3.63, 3.8) is 0 Å². The summed E-state index contributed by atoms with van der Waals surface area (Å²) in [5.74, 6) is -1.20. The van der Waals surface area contributed by atoms with Crippen LogP contribution in [0.15, 0.2) is 12.1 Å². The minimum atomic E-state index is -1.20. The van der Waals surface area contributed by atoms with Gasteiger partial charge in [-0.3, -0.25) is 0 Å². The molecule has 0 saturated heterocycles. The Labute approximate surface area is 84.5 Å². The fourth-order valence-electron chi connectivity index (χ4n) is 0.980. The van der Waals surface area contributed by atoms with Gasteiger partial charge in [-0.15, -0.1) is 0 Å². The van der Waals surface area contributed by atoms with Crippen molar-refractivity contribution in [3.05, 3.63) is 33.3 Å². The minimum Gasteiger partial charge on any atom is -0.478 e. The lowest BCUT2D eigenvalue weighted by atomic mass is 10.1. The first-order valence-corrected chi connectivity index (χ1v) is 4.14. The van der Waals surface area contributed by atoms with Crippen molar-refractivity contribution < 1.29 is 15.0 Å². The summed E-state index contributed by atoms with van der Waals surface area (Å²) in [6.45, 7) is -0.443. The highest BCUT2D eigenvalue weighted by atomic mass is 35.5. The number of aliphatic hydroxyl groups is 1. The van der Waals surface area contributed by atoms with Crippen LogP contribution in [0.3, 0.4) is 0 Å². The summed E-state index contributed by atoms with van der Waals surface area (Å²) in [5.41, 5.74) is -0.00154. The van der Waals surface area contributed by atoms with E-state index in [1.807, 2.05) is 0 Å². The third kappa shape index (κ3) is 1.94. The Morgan fingerprint density at radius 1 is 1.31 bits per heavy atom. The van der Waals surface area contributed by atoms with Gasteiger partial charge < -0.3 is 10.2 Å². The molecular formula is C8H6Cl2O3. The second kappa shape index (κ2) is 3.96. The molecule has 0 unspecified atom stereocenters. The molecular weight excluding hydrogens is 215 g/mol. The van der Waals surface area contributed by atoms with Crippen LogP contribution >= 0.6 is 23.2 Å². The van der Waals surface area contributed by atoms with Gasteiger partial charge in [0.1, 0.15) is 0 Å². The number of halogens is 2. The Kier molecular flexibility index (Phi) is 3.14. The summed E-state index contributed by atoms with van der Waals surface area (Å²) in [7, 11) is 0. The van der Waals surface area contributed by atoms with Crippen LogP contribution in [0.4, 0.5) is 0 Å². The molecule has 1 aromatic rings. The Morgan fingerprint density at radius 3 is 2.23 bits per heavy atom. The molecule has 0 fully saturated rings. The Bertz CT molecular complexity index is 349. The van der Waals surface area contributed by atoms with Gasteiger partial charge in [0.2, 0.25) is 0 Å². The summed E-state index contributed by atoms with van der Waals surface area (Å²) in [5, 5.41) is 17.9. The lowest BCUT2D eigenvalue weighted by Gasteiger charge is -2.06. The molecule has 70 valence electrons. The van der Waals surface area contributed by atoms with E-state index in [0.717, 1.165) is 0 Å². The second-order valence-corrected chi connectivity index (χ2v) is 3.16. The summed E-state index contributed by atoms with van der Waals surface area (Å²) >= 11 is 11.3. The topological polar surface area (TPSA) is 57.5 Å². The standard InChI is InChI=1S/C8H6Cl2O3/c9-5-1-2-6(10)7(8(12)13)4(5)3-11/h1-2,11H,3H2,(H,12,13). The SMILES string of the molecule is O=C(O)c1c(Cl)ccc(Cl)c1CO. The van der Waals surface area contributed by atoms with Crippen molar-refractivity contribution in [1.29, 1.82) is 0 Å². The highest BCUT2D eigenvalue weighted by molar-refractivity contribution is 6.36. The maximum absolute atomic E-state index is 10.7. The predicted octanol–water partition coefficient (Wildman–Crippen LogP) is 2.18. The van der Waals surface area contributed by atoms with Gasteiger partial charge >= 0.3 is 5.97 Å². The zero-order chi connectivity index (χ0) is 10.0. The van der Waals surface area contributed by atoms with Crippen molar-refractivity contribution in [2.45, 2.75) is 6.61 Å². The van der Waals surface area contributed by atoms with E-state index in [4.69, 9.17) is 33.4 Å². The largest absolute Gasteiger partial charge is 0.478 e. The molecule has 0 heterocycles. The first kappa shape index (κ1) is 10.3. The smallest absolute Gasteiger partial charge is 0.337 e. The van der Waals surface area contributed by atoms with Crippen molar-refractivity contribution in [2.75, 3.05) is 0 Å². The molecule has 0 amide bonds. The van der Waals surface area contributed by atoms with Crippen molar-refractivity contribution in [2.24, 2.45) is 0 Å². The molecule has 0 aliphatic rings. The van der Waals surface area contributed by atoms with E-state index in [-0.39, 0.29) is 21.2 Å². The highest BCUT2D eigenvalue weighted by Gasteiger charge is 2.16. The van der Waals surface area contributed by atoms with Crippen LogP contribution in [0.25, 0.3) is 0 Å². The van der Waals surface area contributed by atoms with Gasteiger partial charge in [0.05, 0.1) is 17.2 Å². The monoisotopic (exact) mass is 220 g/mol. The van der Waals surface area contributed by atoms with E-state index < -0.39 is 12.6 Å². The number of aromatic carboxylic acids is 1. The van der Waals surface area contributed by atoms with Crippen LogP contribution in [-0.4, -0.2) is 16.2 Å². The molecule has 0 aliphatic carbocycles. The zero-order valence-electron chi connectivity index (χ0n) is 6.42. The number of benzene rings is 1. The van der Waals surface area contributed by atoms with Crippen LogP contribution in [0.1, 0.15) is 15.9 Å². The van der Waals surface area contributed by atoms with Crippen LogP contribution in [0, 0.1) is 0 Å². The van der Waals surface area contributed by atoms with Gasteiger partial charge in [-0.05, 0) is 12.1 Å². The van der Waals surface area contributed by atoms with Gasteiger partial charge in [-0.1, -0.05) is 23.2 Å². The van der Waals surface area contributed by atoms with E-state index >= 15 is 0 Å². The van der Waals surface area contributed by atoms with Gasteiger partial charge in [0, 0.05) is 10.6 Å². The molecule has 5 heteroatoms. The molecule has 0 radical (unpaired) electrons. The first-order chi connectivity index (χ1) is 6.07. The quantitative estimate of drug-likeness (QED) is 0.804. The summed E-state index contributed by atoms with van der Waals surface area (Å²) in [6.07, 6.45) is 0. The Morgan fingerprint density at radius 2 is 1.85 bits per heavy atom. The Hall–Kier alpha value is -0.770. The van der Waals surface area contributed by atoms with Crippen molar-refractivity contribution >= 4 is 29.2 Å². The molecule has 1 rings (SSSR count). The number of hydrogen-bond donors (Lipinski definition) is 2. The highest BCUT2D eigenvalue weighted by Crippen LogP contribution is 2.26. The molecule has 0 saturated carbocycles. The lowest BCUT2D eigenvalue weighted by Crippen LogP contribution is -2.04. The average molecular weight is 221 g/mol.